The molecule has 0 spiro atoms. The van der Waals surface area contributed by atoms with Crippen molar-refractivity contribution in [3.63, 3.8) is 0 Å². The van der Waals surface area contributed by atoms with Crippen molar-refractivity contribution in [2.45, 2.75) is 64.7 Å². The van der Waals surface area contributed by atoms with Gasteiger partial charge in [-0.3, -0.25) is 4.90 Å². The van der Waals surface area contributed by atoms with Gasteiger partial charge in [-0.15, -0.1) is 0 Å². The molecule has 0 radical (unpaired) electrons. The maximum Gasteiger partial charge on any atom is 0.0678 e. The number of ether oxygens (including phenoxy) is 1. The Morgan fingerprint density at radius 3 is 2.39 bits per heavy atom. The number of rotatable bonds is 3. The maximum atomic E-state index is 6.00. The zero-order chi connectivity index (χ0) is 13.1. The fraction of sp³-hybridized carbons (Fsp3) is 1.00. The van der Waals surface area contributed by atoms with Crippen LogP contribution in [0.4, 0.5) is 0 Å². The average molecular weight is 254 g/mol. The lowest BCUT2D eigenvalue weighted by Crippen LogP contribution is -2.55. The first-order valence-corrected chi connectivity index (χ1v) is 7.73. The Kier molecular flexibility index (Phi) is 5.05. The fourth-order valence-corrected chi connectivity index (χ4v) is 3.88. The third-order valence-electron chi connectivity index (χ3n) is 4.86. The SMILES string of the molecule is CCC1CCC(CN)C(N2CC(C)OC(C)C2)C1. The summed E-state index contributed by atoms with van der Waals surface area (Å²) in [6.45, 7) is 9.74. The van der Waals surface area contributed by atoms with E-state index in [0.29, 0.717) is 24.2 Å². The molecular weight excluding hydrogens is 224 g/mol. The molecule has 0 aromatic carbocycles. The molecule has 1 saturated carbocycles. The van der Waals surface area contributed by atoms with E-state index in [1.54, 1.807) is 0 Å². The van der Waals surface area contributed by atoms with Crippen LogP contribution in [0.5, 0.6) is 0 Å². The second kappa shape index (κ2) is 6.36. The van der Waals surface area contributed by atoms with Crippen molar-refractivity contribution in [1.82, 2.24) is 4.90 Å². The van der Waals surface area contributed by atoms with E-state index < -0.39 is 0 Å². The number of nitrogens with two attached hydrogens (primary N) is 1. The van der Waals surface area contributed by atoms with Crippen LogP contribution in [-0.2, 0) is 4.74 Å². The van der Waals surface area contributed by atoms with E-state index >= 15 is 0 Å². The van der Waals surface area contributed by atoms with Gasteiger partial charge in [-0.2, -0.15) is 0 Å². The van der Waals surface area contributed by atoms with Gasteiger partial charge in [-0.05, 0) is 45.1 Å². The van der Waals surface area contributed by atoms with E-state index in [1.165, 1.54) is 25.7 Å². The highest BCUT2D eigenvalue weighted by atomic mass is 16.5. The lowest BCUT2D eigenvalue weighted by Gasteiger charge is -2.46. The molecule has 1 aliphatic carbocycles. The monoisotopic (exact) mass is 254 g/mol. The highest BCUT2D eigenvalue weighted by molar-refractivity contribution is 4.89. The minimum absolute atomic E-state index is 0.370. The molecule has 1 heterocycles. The molecule has 106 valence electrons. The molecule has 18 heavy (non-hydrogen) atoms. The van der Waals surface area contributed by atoms with Crippen LogP contribution in [0.25, 0.3) is 0 Å². The molecule has 5 unspecified atom stereocenters. The van der Waals surface area contributed by atoms with Crippen LogP contribution in [-0.4, -0.2) is 42.8 Å². The van der Waals surface area contributed by atoms with Crippen molar-refractivity contribution in [2.24, 2.45) is 17.6 Å². The summed E-state index contributed by atoms with van der Waals surface area (Å²) in [5.74, 6) is 1.61. The Morgan fingerprint density at radius 1 is 1.17 bits per heavy atom. The molecule has 2 fully saturated rings. The third kappa shape index (κ3) is 3.25. The minimum atomic E-state index is 0.370. The van der Waals surface area contributed by atoms with Gasteiger partial charge in [0.2, 0.25) is 0 Å². The van der Waals surface area contributed by atoms with Crippen molar-refractivity contribution < 1.29 is 4.74 Å². The summed E-state index contributed by atoms with van der Waals surface area (Å²) in [5, 5.41) is 0. The summed E-state index contributed by atoms with van der Waals surface area (Å²) in [6, 6.07) is 0.697. The van der Waals surface area contributed by atoms with Crippen LogP contribution in [0.1, 0.15) is 46.5 Å². The van der Waals surface area contributed by atoms with Gasteiger partial charge in [-0.1, -0.05) is 19.8 Å². The molecule has 1 aliphatic heterocycles. The van der Waals surface area contributed by atoms with E-state index in [9.17, 15) is 0 Å². The van der Waals surface area contributed by atoms with E-state index in [0.717, 1.165) is 25.6 Å². The standard InChI is InChI=1S/C15H30N2O/c1-4-13-5-6-14(8-16)15(7-13)17-9-11(2)18-12(3)10-17/h11-15H,4-10,16H2,1-3H3. The highest BCUT2D eigenvalue weighted by Crippen LogP contribution is 2.34. The van der Waals surface area contributed by atoms with Crippen LogP contribution in [0.15, 0.2) is 0 Å². The smallest absolute Gasteiger partial charge is 0.0678 e. The van der Waals surface area contributed by atoms with Gasteiger partial charge in [0.15, 0.2) is 0 Å². The summed E-state index contributed by atoms with van der Waals surface area (Å²) in [7, 11) is 0. The molecular formula is C15H30N2O. The van der Waals surface area contributed by atoms with E-state index in [4.69, 9.17) is 10.5 Å². The zero-order valence-corrected chi connectivity index (χ0v) is 12.3. The van der Waals surface area contributed by atoms with Gasteiger partial charge < -0.3 is 10.5 Å². The molecule has 2 rings (SSSR count). The maximum absolute atomic E-state index is 6.00. The summed E-state index contributed by atoms with van der Waals surface area (Å²) in [5.41, 5.74) is 6.00. The lowest BCUT2D eigenvalue weighted by molar-refractivity contribution is -0.0939. The molecule has 1 saturated heterocycles. The van der Waals surface area contributed by atoms with Gasteiger partial charge in [-0.25, -0.2) is 0 Å². The quantitative estimate of drug-likeness (QED) is 0.839. The van der Waals surface area contributed by atoms with Crippen molar-refractivity contribution in [3.05, 3.63) is 0 Å². The Labute approximate surface area is 112 Å². The summed E-state index contributed by atoms with van der Waals surface area (Å²) >= 11 is 0. The first kappa shape index (κ1) is 14.3. The molecule has 0 aromatic rings. The summed E-state index contributed by atoms with van der Waals surface area (Å²) < 4.78 is 5.86. The van der Waals surface area contributed by atoms with Gasteiger partial charge in [0.1, 0.15) is 0 Å². The van der Waals surface area contributed by atoms with Crippen LogP contribution in [0.3, 0.4) is 0 Å². The molecule has 5 atom stereocenters. The Hall–Kier alpha value is -0.120. The van der Waals surface area contributed by atoms with Crippen molar-refractivity contribution in [1.29, 1.82) is 0 Å². The van der Waals surface area contributed by atoms with Gasteiger partial charge in [0.25, 0.3) is 0 Å². The van der Waals surface area contributed by atoms with E-state index in [-0.39, 0.29) is 0 Å². The van der Waals surface area contributed by atoms with Gasteiger partial charge in [0, 0.05) is 19.1 Å². The topological polar surface area (TPSA) is 38.5 Å². The number of morpholine rings is 1. The largest absolute Gasteiger partial charge is 0.373 e. The second-order valence-electron chi connectivity index (χ2n) is 6.36. The summed E-state index contributed by atoms with van der Waals surface area (Å²) in [4.78, 5) is 2.66. The first-order valence-electron chi connectivity index (χ1n) is 7.73. The second-order valence-corrected chi connectivity index (χ2v) is 6.36. The minimum Gasteiger partial charge on any atom is -0.373 e. The fourth-order valence-electron chi connectivity index (χ4n) is 3.88. The molecule has 3 heteroatoms. The Balaban J connectivity index is 2.02. The molecule has 2 N–H and O–H groups in total. The number of hydrogen-bond donors (Lipinski definition) is 1. The Morgan fingerprint density at radius 2 is 1.83 bits per heavy atom. The normalized spacial score (nSPS) is 43.0. The predicted molar refractivity (Wildman–Crippen MR) is 75.5 cm³/mol. The average Bonchev–Trinajstić information content (AvgIpc) is 2.36. The van der Waals surface area contributed by atoms with E-state index in [2.05, 4.69) is 25.7 Å². The molecule has 3 nitrogen and oxygen atoms in total. The molecule has 2 aliphatic rings. The van der Waals surface area contributed by atoms with E-state index in [1.807, 2.05) is 0 Å². The molecule has 0 bridgehead atoms. The van der Waals surface area contributed by atoms with Crippen molar-refractivity contribution >= 4 is 0 Å². The molecule has 0 amide bonds. The van der Waals surface area contributed by atoms with Gasteiger partial charge >= 0.3 is 0 Å². The van der Waals surface area contributed by atoms with Crippen LogP contribution >= 0.6 is 0 Å². The number of nitrogens with zero attached hydrogens (tertiary/aromatic N) is 1. The highest BCUT2D eigenvalue weighted by Gasteiger charge is 2.36. The van der Waals surface area contributed by atoms with Crippen molar-refractivity contribution in [2.75, 3.05) is 19.6 Å². The van der Waals surface area contributed by atoms with Gasteiger partial charge in [0.05, 0.1) is 12.2 Å². The van der Waals surface area contributed by atoms with Crippen LogP contribution in [0, 0.1) is 11.8 Å². The van der Waals surface area contributed by atoms with Crippen LogP contribution < -0.4 is 5.73 Å². The lowest BCUT2D eigenvalue weighted by atomic mass is 9.76. The zero-order valence-electron chi connectivity index (χ0n) is 12.3. The third-order valence-corrected chi connectivity index (χ3v) is 4.86. The molecule has 0 aromatic heterocycles. The summed E-state index contributed by atoms with van der Waals surface area (Å²) in [6.07, 6.45) is 6.11. The van der Waals surface area contributed by atoms with Crippen LogP contribution in [0.2, 0.25) is 0 Å². The Bertz CT molecular complexity index is 249. The number of hydrogen-bond acceptors (Lipinski definition) is 3. The first-order chi connectivity index (χ1) is 8.63. The van der Waals surface area contributed by atoms with Crippen molar-refractivity contribution in [3.8, 4) is 0 Å². The predicted octanol–water partition coefficient (Wildman–Crippen LogP) is 2.25.